The van der Waals surface area contributed by atoms with E-state index in [0.717, 1.165) is 0 Å². The Morgan fingerprint density at radius 2 is 2.00 bits per heavy atom. The second-order valence-corrected chi connectivity index (χ2v) is 4.54. The molecule has 6 nitrogen and oxygen atoms in total. The van der Waals surface area contributed by atoms with Crippen LogP contribution in [0.2, 0.25) is 0 Å². The van der Waals surface area contributed by atoms with E-state index in [-0.39, 0.29) is 24.5 Å². The number of aliphatic hydroxyl groups excluding tert-OH is 2. The SMILES string of the molecule is O=C(CCCCc1ccc(O)cc1O)OCC(O)CO. The van der Waals surface area contributed by atoms with Crippen LogP contribution in [-0.4, -0.2) is 45.7 Å². The van der Waals surface area contributed by atoms with Crippen molar-refractivity contribution in [3.63, 3.8) is 0 Å². The van der Waals surface area contributed by atoms with Crippen LogP contribution >= 0.6 is 0 Å². The van der Waals surface area contributed by atoms with E-state index in [0.29, 0.717) is 24.8 Å². The van der Waals surface area contributed by atoms with E-state index in [1.54, 1.807) is 6.07 Å². The Bertz CT molecular complexity index is 432. The van der Waals surface area contributed by atoms with Gasteiger partial charge in [-0.1, -0.05) is 6.07 Å². The van der Waals surface area contributed by atoms with Crippen molar-refractivity contribution in [3.05, 3.63) is 23.8 Å². The molecule has 0 aliphatic heterocycles. The fraction of sp³-hybridized carbons (Fsp3) is 0.500. The van der Waals surface area contributed by atoms with Crippen LogP contribution in [-0.2, 0) is 16.0 Å². The Hall–Kier alpha value is -1.79. The minimum Gasteiger partial charge on any atom is -0.508 e. The first kappa shape index (κ1) is 16.3. The molecule has 0 spiro atoms. The van der Waals surface area contributed by atoms with Crippen molar-refractivity contribution in [1.82, 2.24) is 0 Å². The van der Waals surface area contributed by atoms with Crippen LogP contribution in [0.4, 0.5) is 0 Å². The standard InChI is InChI=1S/C14H20O6/c15-8-12(17)9-20-14(19)4-2-1-3-10-5-6-11(16)7-13(10)18/h5-7,12,15-18H,1-4,8-9H2. The van der Waals surface area contributed by atoms with E-state index >= 15 is 0 Å². The largest absolute Gasteiger partial charge is 0.508 e. The van der Waals surface area contributed by atoms with Gasteiger partial charge in [0.25, 0.3) is 0 Å². The number of hydrogen-bond acceptors (Lipinski definition) is 6. The Labute approximate surface area is 117 Å². The Balaban J connectivity index is 2.19. The first-order valence-corrected chi connectivity index (χ1v) is 6.48. The molecule has 20 heavy (non-hydrogen) atoms. The Kier molecular flexibility index (Phi) is 6.83. The van der Waals surface area contributed by atoms with Gasteiger partial charge in [0.05, 0.1) is 6.61 Å². The third kappa shape index (κ3) is 5.90. The van der Waals surface area contributed by atoms with E-state index in [4.69, 9.17) is 20.1 Å². The van der Waals surface area contributed by atoms with Gasteiger partial charge in [0.1, 0.15) is 24.2 Å². The predicted molar refractivity (Wildman–Crippen MR) is 71.4 cm³/mol. The number of ether oxygens (including phenoxy) is 1. The lowest BCUT2D eigenvalue weighted by Crippen LogP contribution is -2.21. The van der Waals surface area contributed by atoms with Gasteiger partial charge in [-0.15, -0.1) is 0 Å². The molecule has 1 unspecified atom stereocenters. The third-order valence-electron chi connectivity index (χ3n) is 2.79. The van der Waals surface area contributed by atoms with Gasteiger partial charge in [-0.2, -0.15) is 0 Å². The summed E-state index contributed by atoms with van der Waals surface area (Å²) in [6, 6.07) is 4.42. The number of phenolic OH excluding ortho intramolecular Hbond substituents is 2. The quantitative estimate of drug-likeness (QED) is 0.413. The molecule has 0 radical (unpaired) electrons. The first-order valence-electron chi connectivity index (χ1n) is 6.48. The lowest BCUT2D eigenvalue weighted by Gasteiger charge is -2.08. The molecule has 0 aromatic heterocycles. The molecule has 0 fully saturated rings. The molecule has 1 aromatic rings. The maximum atomic E-state index is 11.3. The maximum absolute atomic E-state index is 11.3. The van der Waals surface area contributed by atoms with Crippen LogP contribution in [0.3, 0.4) is 0 Å². The molecule has 112 valence electrons. The van der Waals surface area contributed by atoms with Crippen molar-refractivity contribution in [3.8, 4) is 11.5 Å². The molecule has 1 aromatic carbocycles. The first-order chi connectivity index (χ1) is 9.52. The number of aryl methyl sites for hydroxylation is 1. The summed E-state index contributed by atoms with van der Waals surface area (Å²) in [5.41, 5.74) is 0.715. The second-order valence-electron chi connectivity index (χ2n) is 4.54. The number of esters is 1. The zero-order valence-corrected chi connectivity index (χ0v) is 11.2. The number of unbranched alkanes of at least 4 members (excludes halogenated alkanes) is 1. The van der Waals surface area contributed by atoms with Crippen molar-refractivity contribution in [2.75, 3.05) is 13.2 Å². The van der Waals surface area contributed by atoms with Crippen molar-refractivity contribution >= 4 is 5.97 Å². The molecule has 1 rings (SSSR count). The molecular weight excluding hydrogens is 264 g/mol. The molecule has 0 saturated carbocycles. The number of phenols is 2. The van der Waals surface area contributed by atoms with Crippen molar-refractivity contribution in [1.29, 1.82) is 0 Å². The summed E-state index contributed by atoms with van der Waals surface area (Å²) in [5.74, 6) is -0.372. The molecule has 0 aliphatic rings. The lowest BCUT2D eigenvalue weighted by atomic mass is 10.1. The number of benzene rings is 1. The molecule has 0 saturated heterocycles. The Morgan fingerprint density at radius 1 is 1.25 bits per heavy atom. The molecule has 0 bridgehead atoms. The molecule has 0 heterocycles. The van der Waals surface area contributed by atoms with Gasteiger partial charge in [0.2, 0.25) is 0 Å². The predicted octanol–water partition coefficient (Wildman–Crippen LogP) is 0.707. The summed E-state index contributed by atoms with van der Waals surface area (Å²) in [4.78, 5) is 11.3. The van der Waals surface area contributed by atoms with E-state index < -0.39 is 18.7 Å². The van der Waals surface area contributed by atoms with Gasteiger partial charge in [-0.3, -0.25) is 4.79 Å². The molecular formula is C14H20O6. The third-order valence-corrected chi connectivity index (χ3v) is 2.79. The highest BCUT2D eigenvalue weighted by Gasteiger charge is 2.08. The number of carbonyl (C=O) groups is 1. The molecule has 6 heteroatoms. The summed E-state index contributed by atoms with van der Waals surface area (Å²) in [5, 5.41) is 36.3. The lowest BCUT2D eigenvalue weighted by molar-refractivity contribution is -0.147. The highest BCUT2D eigenvalue weighted by molar-refractivity contribution is 5.69. The van der Waals surface area contributed by atoms with Gasteiger partial charge in [0.15, 0.2) is 0 Å². The average molecular weight is 284 g/mol. The maximum Gasteiger partial charge on any atom is 0.305 e. The molecule has 1 atom stereocenters. The van der Waals surface area contributed by atoms with Gasteiger partial charge < -0.3 is 25.2 Å². The van der Waals surface area contributed by atoms with Gasteiger partial charge in [-0.05, 0) is 30.9 Å². The summed E-state index contributed by atoms with van der Waals surface area (Å²) in [7, 11) is 0. The van der Waals surface area contributed by atoms with Crippen molar-refractivity contribution in [2.45, 2.75) is 31.8 Å². The number of carbonyl (C=O) groups excluding carboxylic acids is 1. The number of aliphatic hydroxyl groups is 2. The smallest absolute Gasteiger partial charge is 0.305 e. The fourth-order valence-corrected chi connectivity index (χ4v) is 1.66. The van der Waals surface area contributed by atoms with E-state index in [2.05, 4.69) is 0 Å². The summed E-state index contributed by atoms with van der Waals surface area (Å²) in [6.07, 6.45) is 1.06. The minimum absolute atomic E-state index is 0.0114. The molecule has 0 aliphatic carbocycles. The van der Waals surface area contributed by atoms with Crippen molar-refractivity contribution in [2.24, 2.45) is 0 Å². The number of hydrogen-bond donors (Lipinski definition) is 4. The number of rotatable bonds is 8. The van der Waals surface area contributed by atoms with Crippen LogP contribution in [0.15, 0.2) is 18.2 Å². The zero-order chi connectivity index (χ0) is 15.0. The van der Waals surface area contributed by atoms with Crippen LogP contribution in [0.1, 0.15) is 24.8 Å². The summed E-state index contributed by atoms with van der Waals surface area (Å²) < 4.78 is 4.76. The van der Waals surface area contributed by atoms with Crippen LogP contribution in [0.25, 0.3) is 0 Å². The normalized spacial score (nSPS) is 12.1. The summed E-state index contributed by atoms with van der Waals surface area (Å²) >= 11 is 0. The topological polar surface area (TPSA) is 107 Å². The van der Waals surface area contributed by atoms with E-state index in [1.165, 1.54) is 12.1 Å². The van der Waals surface area contributed by atoms with Crippen LogP contribution in [0.5, 0.6) is 11.5 Å². The van der Waals surface area contributed by atoms with Gasteiger partial charge in [-0.25, -0.2) is 0 Å². The van der Waals surface area contributed by atoms with Crippen molar-refractivity contribution < 1.29 is 30.0 Å². The van der Waals surface area contributed by atoms with Crippen LogP contribution < -0.4 is 0 Å². The monoisotopic (exact) mass is 284 g/mol. The Morgan fingerprint density at radius 3 is 2.65 bits per heavy atom. The van der Waals surface area contributed by atoms with Gasteiger partial charge >= 0.3 is 5.97 Å². The van der Waals surface area contributed by atoms with E-state index in [1.807, 2.05) is 0 Å². The fourth-order valence-electron chi connectivity index (χ4n) is 1.66. The summed E-state index contributed by atoms with van der Waals surface area (Å²) in [6.45, 7) is -0.637. The highest BCUT2D eigenvalue weighted by atomic mass is 16.5. The number of aromatic hydroxyl groups is 2. The molecule has 4 N–H and O–H groups in total. The molecule has 0 amide bonds. The van der Waals surface area contributed by atoms with E-state index in [9.17, 15) is 9.90 Å². The zero-order valence-electron chi connectivity index (χ0n) is 11.2. The average Bonchev–Trinajstić information content (AvgIpc) is 2.42. The highest BCUT2D eigenvalue weighted by Crippen LogP contribution is 2.24. The van der Waals surface area contributed by atoms with Gasteiger partial charge in [0, 0.05) is 12.5 Å². The van der Waals surface area contributed by atoms with Crippen LogP contribution in [0, 0.1) is 0 Å². The second kappa shape index (κ2) is 8.39. The minimum atomic E-state index is -1.03.